The van der Waals surface area contributed by atoms with Gasteiger partial charge in [0.15, 0.2) is 0 Å². The van der Waals surface area contributed by atoms with Gasteiger partial charge in [-0.2, -0.15) is 0 Å². The quantitative estimate of drug-likeness (QED) is 0.910. The van der Waals surface area contributed by atoms with Crippen LogP contribution in [0, 0.1) is 6.92 Å². The van der Waals surface area contributed by atoms with E-state index in [0.717, 1.165) is 27.7 Å². The molecule has 1 heterocycles. The van der Waals surface area contributed by atoms with E-state index in [1.54, 1.807) is 11.3 Å². The molecule has 0 aliphatic rings. The number of hydrogen-bond acceptors (Lipinski definition) is 3. The van der Waals surface area contributed by atoms with Crippen molar-refractivity contribution in [3.63, 3.8) is 0 Å². The van der Waals surface area contributed by atoms with Gasteiger partial charge in [-0.05, 0) is 25.0 Å². The van der Waals surface area contributed by atoms with Gasteiger partial charge in [0.1, 0.15) is 0 Å². The molecule has 0 saturated heterocycles. The van der Waals surface area contributed by atoms with Crippen molar-refractivity contribution in [2.45, 2.75) is 19.4 Å². The normalized spacial score (nSPS) is 12.7. The molecule has 1 aromatic heterocycles. The Morgan fingerprint density at radius 2 is 2.19 bits per heavy atom. The zero-order valence-electron chi connectivity index (χ0n) is 8.98. The third-order valence-electron chi connectivity index (χ3n) is 2.41. The minimum absolute atomic E-state index is 0.0788. The predicted octanol–water partition coefficient (Wildman–Crippen LogP) is 3.35. The fraction of sp³-hybridized carbons (Fsp3) is 0.250. The zero-order valence-corrected chi connectivity index (χ0v) is 10.6. The summed E-state index contributed by atoms with van der Waals surface area (Å²) in [4.78, 5) is 4.39. The first kappa shape index (κ1) is 11.6. The first-order chi connectivity index (χ1) is 7.66. The number of aryl methyl sites for hydroxylation is 1. The lowest BCUT2D eigenvalue weighted by Crippen LogP contribution is -2.14. The molecule has 2 nitrogen and oxygen atoms in total. The van der Waals surface area contributed by atoms with Crippen molar-refractivity contribution in [2.24, 2.45) is 5.73 Å². The topological polar surface area (TPSA) is 38.9 Å². The van der Waals surface area contributed by atoms with E-state index in [0.29, 0.717) is 0 Å². The monoisotopic (exact) mass is 252 g/mol. The van der Waals surface area contributed by atoms with Crippen LogP contribution in [0.5, 0.6) is 0 Å². The Kier molecular flexibility index (Phi) is 3.59. The van der Waals surface area contributed by atoms with Crippen LogP contribution in [-0.2, 0) is 6.42 Å². The zero-order chi connectivity index (χ0) is 11.5. The van der Waals surface area contributed by atoms with Crippen LogP contribution in [0.15, 0.2) is 29.6 Å². The molecule has 2 rings (SSSR count). The number of hydrogen-bond donors (Lipinski definition) is 1. The summed E-state index contributed by atoms with van der Waals surface area (Å²) < 4.78 is 0. The van der Waals surface area contributed by atoms with E-state index in [9.17, 15) is 0 Å². The molecule has 0 amide bonds. The largest absolute Gasteiger partial charge is 0.322 e. The van der Waals surface area contributed by atoms with Gasteiger partial charge in [0, 0.05) is 10.4 Å². The predicted molar refractivity (Wildman–Crippen MR) is 68.9 cm³/mol. The van der Waals surface area contributed by atoms with E-state index < -0.39 is 0 Å². The van der Waals surface area contributed by atoms with E-state index >= 15 is 0 Å². The van der Waals surface area contributed by atoms with Crippen molar-refractivity contribution in [3.8, 4) is 0 Å². The van der Waals surface area contributed by atoms with Crippen LogP contribution in [0.1, 0.15) is 22.3 Å². The maximum Gasteiger partial charge on any atom is 0.0898 e. The van der Waals surface area contributed by atoms with Crippen molar-refractivity contribution >= 4 is 22.9 Å². The molecule has 4 heteroatoms. The number of rotatable bonds is 3. The summed E-state index contributed by atoms with van der Waals surface area (Å²) in [6.45, 7) is 1.98. The second kappa shape index (κ2) is 4.95. The van der Waals surface area contributed by atoms with Crippen LogP contribution in [0.3, 0.4) is 0 Å². The van der Waals surface area contributed by atoms with Gasteiger partial charge in [-0.15, -0.1) is 11.3 Å². The van der Waals surface area contributed by atoms with Crippen molar-refractivity contribution < 1.29 is 0 Å². The van der Waals surface area contributed by atoms with Gasteiger partial charge in [-0.3, -0.25) is 0 Å². The lowest BCUT2D eigenvalue weighted by Gasteiger charge is -2.10. The molecule has 0 fully saturated rings. The first-order valence-electron chi connectivity index (χ1n) is 5.08. The standard InChI is InChI=1S/C12H13ClN2S/c1-8-15-12(7-16-8)11(14)6-9-4-2-3-5-10(9)13/h2-5,7,11H,6,14H2,1H3. The molecule has 1 unspecified atom stereocenters. The molecular weight excluding hydrogens is 240 g/mol. The fourth-order valence-corrected chi connectivity index (χ4v) is 2.45. The molecule has 1 aromatic carbocycles. The summed E-state index contributed by atoms with van der Waals surface area (Å²) in [7, 11) is 0. The number of nitrogens with two attached hydrogens (primary N) is 1. The highest BCUT2D eigenvalue weighted by atomic mass is 35.5. The SMILES string of the molecule is Cc1nc(C(N)Cc2ccccc2Cl)cs1. The van der Waals surface area contributed by atoms with E-state index in [1.165, 1.54) is 0 Å². The third-order valence-corrected chi connectivity index (χ3v) is 3.57. The van der Waals surface area contributed by atoms with Gasteiger partial charge >= 0.3 is 0 Å². The number of thiazole rings is 1. The molecule has 0 radical (unpaired) electrons. The maximum atomic E-state index is 6.09. The van der Waals surface area contributed by atoms with Crippen LogP contribution in [0.2, 0.25) is 5.02 Å². The molecule has 84 valence electrons. The Morgan fingerprint density at radius 1 is 1.44 bits per heavy atom. The molecule has 0 bridgehead atoms. The minimum atomic E-state index is -0.0788. The second-order valence-electron chi connectivity index (χ2n) is 3.69. The van der Waals surface area contributed by atoms with Crippen molar-refractivity contribution in [1.29, 1.82) is 0 Å². The van der Waals surface area contributed by atoms with E-state index in [2.05, 4.69) is 4.98 Å². The summed E-state index contributed by atoms with van der Waals surface area (Å²) in [6, 6.07) is 7.70. The molecule has 2 N–H and O–H groups in total. The molecule has 0 saturated carbocycles. The number of benzene rings is 1. The smallest absolute Gasteiger partial charge is 0.0898 e. The highest BCUT2D eigenvalue weighted by Gasteiger charge is 2.11. The van der Waals surface area contributed by atoms with Gasteiger partial charge in [0.2, 0.25) is 0 Å². The average Bonchev–Trinajstić information content (AvgIpc) is 2.68. The molecule has 0 aliphatic carbocycles. The van der Waals surface area contributed by atoms with Crippen molar-refractivity contribution in [2.75, 3.05) is 0 Å². The Balaban J connectivity index is 2.13. The van der Waals surface area contributed by atoms with Crippen LogP contribution >= 0.6 is 22.9 Å². The van der Waals surface area contributed by atoms with Gasteiger partial charge in [0.05, 0.1) is 16.7 Å². The highest BCUT2D eigenvalue weighted by Crippen LogP contribution is 2.22. The summed E-state index contributed by atoms with van der Waals surface area (Å²) in [6.07, 6.45) is 0.725. The number of nitrogens with zero attached hydrogens (tertiary/aromatic N) is 1. The Bertz CT molecular complexity index is 481. The molecule has 0 spiro atoms. The highest BCUT2D eigenvalue weighted by molar-refractivity contribution is 7.09. The Labute approximate surface area is 104 Å². The summed E-state index contributed by atoms with van der Waals surface area (Å²) in [5.41, 5.74) is 8.11. The van der Waals surface area contributed by atoms with Crippen LogP contribution < -0.4 is 5.73 Å². The molecule has 0 aliphatic heterocycles. The van der Waals surface area contributed by atoms with Crippen molar-refractivity contribution in [3.05, 3.63) is 50.9 Å². The van der Waals surface area contributed by atoms with E-state index in [4.69, 9.17) is 17.3 Å². The van der Waals surface area contributed by atoms with Gasteiger partial charge in [-0.1, -0.05) is 29.8 Å². The molecule has 2 aromatic rings. The lowest BCUT2D eigenvalue weighted by atomic mass is 10.0. The lowest BCUT2D eigenvalue weighted by molar-refractivity contribution is 0.700. The molecule has 1 atom stereocenters. The maximum absolute atomic E-state index is 6.09. The van der Waals surface area contributed by atoms with E-state index in [-0.39, 0.29) is 6.04 Å². The minimum Gasteiger partial charge on any atom is -0.322 e. The summed E-state index contributed by atoms with van der Waals surface area (Å²) >= 11 is 7.71. The molecular formula is C12H13ClN2S. The summed E-state index contributed by atoms with van der Waals surface area (Å²) in [5, 5.41) is 3.83. The van der Waals surface area contributed by atoms with Crippen LogP contribution in [0.4, 0.5) is 0 Å². The average molecular weight is 253 g/mol. The van der Waals surface area contributed by atoms with Crippen molar-refractivity contribution in [1.82, 2.24) is 4.98 Å². The molecule has 16 heavy (non-hydrogen) atoms. The Morgan fingerprint density at radius 3 is 2.81 bits per heavy atom. The van der Waals surface area contributed by atoms with E-state index in [1.807, 2.05) is 36.6 Å². The number of halogens is 1. The summed E-state index contributed by atoms with van der Waals surface area (Å²) in [5.74, 6) is 0. The number of aromatic nitrogens is 1. The Hall–Kier alpha value is -0.900. The van der Waals surface area contributed by atoms with Crippen LogP contribution in [-0.4, -0.2) is 4.98 Å². The van der Waals surface area contributed by atoms with Gasteiger partial charge in [-0.25, -0.2) is 4.98 Å². The second-order valence-corrected chi connectivity index (χ2v) is 5.16. The third kappa shape index (κ3) is 2.61. The first-order valence-corrected chi connectivity index (χ1v) is 6.33. The van der Waals surface area contributed by atoms with Crippen LogP contribution in [0.25, 0.3) is 0 Å². The fourth-order valence-electron chi connectivity index (χ4n) is 1.56. The van der Waals surface area contributed by atoms with Gasteiger partial charge < -0.3 is 5.73 Å². The van der Waals surface area contributed by atoms with Gasteiger partial charge in [0.25, 0.3) is 0 Å².